The van der Waals surface area contributed by atoms with Gasteiger partial charge >= 0.3 is 0 Å². The third kappa shape index (κ3) is 3.30. The van der Waals surface area contributed by atoms with Crippen LogP contribution in [-0.4, -0.2) is 4.98 Å². The highest BCUT2D eigenvalue weighted by atomic mass is 16.3. The first kappa shape index (κ1) is 20.6. The van der Waals surface area contributed by atoms with E-state index < -0.39 is 0 Å². The molecule has 3 nitrogen and oxygen atoms in total. The zero-order valence-electron chi connectivity index (χ0n) is 19.5. The molecule has 0 aliphatic rings. The van der Waals surface area contributed by atoms with Crippen LogP contribution in [0.25, 0.3) is 33.3 Å². The molecule has 0 spiro atoms. The monoisotopic (exact) mass is 401 g/mol. The fourth-order valence-electron chi connectivity index (χ4n) is 4.39. The summed E-state index contributed by atoms with van der Waals surface area (Å²) >= 11 is 0. The lowest BCUT2D eigenvalue weighted by Crippen LogP contribution is -2.32. The largest absolute Gasteiger partial charge is 0.437 e. The highest BCUT2D eigenvalue weighted by Gasteiger charge is 2.24. The summed E-state index contributed by atoms with van der Waals surface area (Å²) in [5.41, 5.74) is 9.11. The Morgan fingerprint density at radius 1 is 0.833 bits per heavy atom. The Morgan fingerprint density at radius 3 is 2.13 bits per heavy atom. The van der Waals surface area contributed by atoms with Gasteiger partial charge in [-0.2, -0.15) is 0 Å². The van der Waals surface area contributed by atoms with Gasteiger partial charge in [-0.25, -0.2) is 9.55 Å². The maximum absolute atomic E-state index is 6.42. The smallest absolute Gasteiger partial charge is 0.227 e. The molecular weight excluding hydrogens is 368 g/mol. The summed E-state index contributed by atoms with van der Waals surface area (Å²) in [6.45, 7) is 15.6. The minimum Gasteiger partial charge on any atom is -0.437 e. The summed E-state index contributed by atoms with van der Waals surface area (Å²) in [6, 6.07) is 11.0. The number of pyridine rings is 2. The van der Waals surface area contributed by atoms with Gasteiger partial charge in [-0.05, 0) is 47.9 Å². The van der Waals surface area contributed by atoms with Crippen molar-refractivity contribution in [2.24, 2.45) is 7.05 Å². The molecule has 1 aromatic carbocycles. The molecule has 0 aliphatic carbocycles. The standard InChI is InChI=1S/C27H33N2O/c1-15(2)21-13-24(29(8)14-22(21)16(3)4)25-18(7)9-10-19-20-11-12-23(17(5)6)28-27(20)30-26(19)25/h9-17H,1-8H3/q+1. The normalized spacial score (nSPS) is 12.2. The Bertz CT molecular complexity index is 1250. The summed E-state index contributed by atoms with van der Waals surface area (Å²) in [5, 5.41) is 2.22. The minimum atomic E-state index is 0.374. The second kappa shape index (κ2) is 7.54. The Morgan fingerprint density at radius 2 is 1.50 bits per heavy atom. The lowest BCUT2D eigenvalue weighted by molar-refractivity contribution is -0.660. The average Bonchev–Trinajstić information content (AvgIpc) is 3.05. The van der Waals surface area contributed by atoms with E-state index in [2.05, 4.69) is 96.6 Å². The van der Waals surface area contributed by atoms with Crippen LogP contribution in [0.4, 0.5) is 0 Å². The number of aryl methyl sites for hydroxylation is 2. The molecule has 0 amide bonds. The van der Waals surface area contributed by atoms with Crippen molar-refractivity contribution in [3.63, 3.8) is 0 Å². The first-order chi connectivity index (χ1) is 14.2. The number of rotatable bonds is 4. The van der Waals surface area contributed by atoms with Crippen molar-refractivity contribution in [2.45, 2.75) is 66.2 Å². The van der Waals surface area contributed by atoms with Crippen LogP contribution in [0, 0.1) is 6.92 Å². The fourth-order valence-corrected chi connectivity index (χ4v) is 4.39. The summed E-state index contributed by atoms with van der Waals surface area (Å²) < 4.78 is 8.67. The van der Waals surface area contributed by atoms with Crippen LogP contribution >= 0.6 is 0 Å². The Balaban J connectivity index is 2.04. The maximum atomic E-state index is 6.42. The molecule has 3 heteroatoms. The van der Waals surface area contributed by atoms with E-state index in [-0.39, 0.29) is 0 Å². The zero-order valence-corrected chi connectivity index (χ0v) is 19.5. The number of nitrogens with zero attached hydrogens (tertiary/aromatic N) is 2. The molecule has 0 saturated heterocycles. The van der Waals surface area contributed by atoms with E-state index in [0.29, 0.717) is 17.8 Å². The van der Waals surface area contributed by atoms with E-state index in [1.807, 2.05) is 0 Å². The van der Waals surface area contributed by atoms with Gasteiger partial charge < -0.3 is 4.42 Å². The minimum absolute atomic E-state index is 0.374. The SMILES string of the molecule is Cc1ccc2c(oc3nc(C(C)C)ccc32)c1-c1cc(C(C)C)c(C(C)C)c[n+]1C. The van der Waals surface area contributed by atoms with Gasteiger partial charge in [-0.15, -0.1) is 0 Å². The second-order valence-electron chi connectivity index (χ2n) is 9.47. The molecule has 0 bridgehead atoms. The number of aromatic nitrogens is 2. The lowest BCUT2D eigenvalue weighted by atomic mass is 9.90. The lowest BCUT2D eigenvalue weighted by Gasteiger charge is -2.16. The molecule has 4 rings (SSSR count). The van der Waals surface area contributed by atoms with Crippen molar-refractivity contribution in [3.8, 4) is 11.3 Å². The van der Waals surface area contributed by atoms with E-state index in [1.165, 1.54) is 22.4 Å². The van der Waals surface area contributed by atoms with Crippen molar-refractivity contribution < 1.29 is 8.98 Å². The zero-order chi connectivity index (χ0) is 21.7. The summed E-state index contributed by atoms with van der Waals surface area (Å²) in [5.74, 6) is 1.33. The predicted molar refractivity (Wildman–Crippen MR) is 125 cm³/mol. The molecule has 0 saturated carbocycles. The number of hydrogen-bond donors (Lipinski definition) is 0. The quantitative estimate of drug-likeness (QED) is 0.340. The van der Waals surface area contributed by atoms with Gasteiger partial charge in [0.15, 0.2) is 11.8 Å². The Hall–Kier alpha value is -2.68. The van der Waals surface area contributed by atoms with E-state index >= 15 is 0 Å². The van der Waals surface area contributed by atoms with Gasteiger partial charge in [-0.1, -0.05) is 53.7 Å². The molecular formula is C27H33N2O+. The maximum Gasteiger partial charge on any atom is 0.227 e. The van der Waals surface area contributed by atoms with Crippen LogP contribution in [0.5, 0.6) is 0 Å². The molecule has 4 aromatic rings. The van der Waals surface area contributed by atoms with E-state index in [9.17, 15) is 0 Å². The first-order valence-corrected chi connectivity index (χ1v) is 11.1. The van der Waals surface area contributed by atoms with E-state index in [4.69, 9.17) is 9.40 Å². The molecule has 30 heavy (non-hydrogen) atoms. The van der Waals surface area contributed by atoms with Crippen molar-refractivity contribution in [2.75, 3.05) is 0 Å². The highest BCUT2D eigenvalue weighted by Crippen LogP contribution is 2.38. The van der Waals surface area contributed by atoms with Crippen molar-refractivity contribution in [1.29, 1.82) is 0 Å². The Labute approximate surface area is 179 Å². The van der Waals surface area contributed by atoms with E-state index in [1.54, 1.807) is 0 Å². The van der Waals surface area contributed by atoms with Gasteiger partial charge in [0, 0.05) is 28.1 Å². The number of benzene rings is 1. The number of hydrogen-bond acceptors (Lipinski definition) is 2. The first-order valence-electron chi connectivity index (χ1n) is 11.1. The molecule has 0 radical (unpaired) electrons. The summed E-state index contributed by atoms with van der Waals surface area (Å²) in [7, 11) is 2.14. The molecule has 0 N–H and O–H groups in total. The second-order valence-corrected chi connectivity index (χ2v) is 9.47. The fraction of sp³-hybridized carbons (Fsp3) is 0.407. The molecule has 0 fully saturated rings. The number of fused-ring (bicyclic) bond motifs is 3. The molecule has 156 valence electrons. The Kier molecular flexibility index (Phi) is 5.17. The van der Waals surface area contributed by atoms with Gasteiger partial charge in [-0.3, -0.25) is 0 Å². The van der Waals surface area contributed by atoms with Crippen LogP contribution in [0.3, 0.4) is 0 Å². The van der Waals surface area contributed by atoms with Crippen LogP contribution in [0.15, 0.2) is 40.9 Å². The highest BCUT2D eigenvalue weighted by molar-refractivity contribution is 6.08. The third-order valence-electron chi connectivity index (χ3n) is 6.17. The van der Waals surface area contributed by atoms with Gasteiger partial charge in [0.05, 0.1) is 5.56 Å². The molecule has 3 heterocycles. The predicted octanol–water partition coefficient (Wildman–Crippen LogP) is 7.15. The molecule has 0 unspecified atom stereocenters. The molecule has 0 atom stereocenters. The topological polar surface area (TPSA) is 29.9 Å². The van der Waals surface area contributed by atoms with Crippen LogP contribution < -0.4 is 4.57 Å². The molecule has 0 aliphatic heterocycles. The van der Waals surface area contributed by atoms with Gasteiger partial charge in [0.1, 0.15) is 7.05 Å². The van der Waals surface area contributed by atoms with Crippen molar-refractivity contribution >= 4 is 22.1 Å². The van der Waals surface area contributed by atoms with Crippen LogP contribution in [0.2, 0.25) is 0 Å². The van der Waals surface area contributed by atoms with Crippen LogP contribution in [-0.2, 0) is 7.05 Å². The van der Waals surface area contributed by atoms with Gasteiger partial charge in [0.25, 0.3) is 0 Å². The van der Waals surface area contributed by atoms with Gasteiger partial charge in [0.2, 0.25) is 11.4 Å². The summed E-state index contributed by atoms with van der Waals surface area (Å²) in [6.07, 6.45) is 2.30. The van der Waals surface area contributed by atoms with Crippen molar-refractivity contribution in [1.82, 2.24) is 4.98 Å². The number of furan rings is 1. The van der Waals surface area contributed by atoms with Crippen LogP contribution in [0.1, 0.15) is 81.7 Å². The molecule has 3 aromatic heterocycles. The third-order valence-corrected chi connectivity index (χ3v) is 6.17. The average molecular weight is 402 g/mol. The summed E-state index contributed by atoms with van der Waals surface area (Å²) in [4.78, 5) is 4.81. The van der Waals surface area contributed by atoms with Crippen molar-refractivity contribution in [3.05, 3.63) is 58.9 Å². The van der Waals surface area contributed by atoms with E-state index in [0.717, 1.165) is 33.3 Å².